The lowest BCUT2D eigenvalue weighted by atomic mass is 9.82. The lowest BCUT2D eigenvalue weighted by Gasteiger charge is -2.31. The van der Waals surface area contributed by atoms with Gasteiger partial charge in [0.1, 0.15) is 9.75 Å². The van der Waals surface area contributed by atoms with Crippen molar-refractivity contribution in [1.29, 1.82) is 0 Å². The molecule has 60 heavy (non-hydrogen) atoms. The number of nitrogens with one attached hydrogen (secondary N) is 2. The first kappa shape index (κ1) is 46.4. The minimum atomic E-state index is -0.760. The number of benzene rings is 2. The van der Waals surface area contributed by atoms with E-state index in [1.54, 1.807) is 0 Å². The average molecular weight is 859 g/mol. The molecule has 4 aromatic rings. The first-order chi connectivity index (χ1) is 29.2. The summed E-state index contributed by atoms with van der Waals surface area (Å²) in [4.78, 5) is 50.9. The van der Waals surface area contributed by atoms with Crippen molar-refractivity contribution in [1.82, 2.24) is 0 Å². The molecule has 2 heterocycles. The Bertz CT molecular complexity index is 1930. The van der Waals surface area contributed by atoms with Crippen molar-refractivity contribution in [2.75, 3.05) is 31.5 Å². The molecular weight excluding hydrogens is 797 g/mol. The Morgan fingerprint density at radius 1 is 0.650 bits per heavy atom. The van der Waals surface area contributed by atoms with Crippen molar-refractivity contribution < 1.29 is 38.5 Å². The van der Waals surface area contributed by atoms with Crippen molar-refractivity contribution in [2.45, 2.75) is 122 Å². The second-order valence-electron chi connectivity index (χ2n) is 15.7. The Kier molecular flexibility index (Phi) is 19.0. The summed E-state index contributed by atoms with van der Waals surface area (Å²) in [6.07, 6.45) is 15.8. The largest absolute Gasteiger partial charge is 0.481 e. The molecule has 2 aromatic heterocycles. The van der Waals surface area contributed by atoms with E-state index in [1.165, 1.54) is 88.3 Å². The molecule has 0 saturated heterocycles. The predicted octanol–water partition coefficient (Wildman–Crippen LogP) is 12.1. The number of anilines is 2. The van der Waals surface area contributed by atoms with Crippen molar-refractivity contribution in [3.8, 4) is 20.9 Å². The number of esters is 3. The number of aliphatic carboxylic acids is 1. The number of hydrogen-bond donors (Lipinski definition) is 3. The van der Waals surface area contributed by atoms with E-state index < -0.39 is 5.97 Å². The molecule has 3 N–H and O–H groups in total. The molecule has 2 aliphatic rings. The van der Waals surface area contributed by atoms with Gasteiger partial charge in [0.2, 0.25) is 0 Å². The molecule has 2 saturated carbocycles. The molecule has 10 nitrogen and oxygen atoms in total. The second-order valence-corrected chi connectivity index (χ2v) is 17.8. The number of methoxy groups -OCH3 is 2. The number of carbonyl (C=O) groups excluding carboxylic acids is 3. The van der Waals surface area contributed by atoms with Gasteiger partial charge in [0, 0.05) is 34.7 Å². The lowest BCUT2D eigenvalue weighted by molar-refractivity contribution is -0.143. The summed E-state index contributed by atoms with van der Waals surface area (Å²) < 4.78 is 15.2. The van der Waals surface area contributed by atoms with E-state index >= 15 is 0 Å². The molecule has 0 spiro atoms. The number of ether oxygens (including phenoxy) is 3. The standard InChI is InChI=1S/C25H33NO4S.C23H29NO4S/c1-3-30-23(27)16-10-15-20(18-11-6-4-7-12-18)26-21-17-22(19-13-8-5-9-14-19)31-24(21)25(28)29-2;1-28-23(27)22-19(15-20(29-22)17-11-6-3-7-12-17)24-18(13-8-14-21(25)26)16-9-4-2-5-10-16/h5,8-9,13-14,17-18,20,26H,3-4,6-7,10-12,15-16H2,1-2H3;3,6-7,11-12,15-16,18,24H,2,4-5,8-10,13-14H2,1H3,(H,25,26). The lowest BCUT2D eigenvalue weighted by Crippen LogP contribution is -2.31. The summed E-state index contributed by atoms with van der Waals surface area (Å²) in [6, 6.07) is 24.6. The van der Waals surface area contributed by atoms with Gasteiger partial charge in [-0.1, -0.05) is 99.2 Å². The van der Waals surface area contributed by atoms with Crippen LogP contribution in [-0.4, -0.2) is 61.9 Å². The maximum Gasteiger partial charge on any atom is 0.350 e. The normalized spacial score (nSPS) is 15.4. The highest BCUT2D eigenvalue weighted by Crippen LogP contribution is 2.40. The fourth-order valence-corrected chi connectivity index (χ4v) is 10.6. The van der Waals surface area contributed by atoms with Crippen LogP contribution in [0.3, 0.4) is 0 Å². The first-order valence-electron chi connectivity index (χ1n) is 21.7. The maximum absolute atomic E-state index is 12.5. The van der Waals surface area contributed by atoms with Crippen molar-refractivity contribution in [3.63, 3.8) is 0 Å². The van der Waals surface area contributed by atoms with Crippen LogP contribution in [0.5, 0.6) is 0 Å². The number of thiophene rings is 2. The molecule has 324 valence electrons. The van der Waals surface area contributed by atoms with E-state index in [0.29, 0.717) is 41.0 Å². The van der Waals surface area contributed by atoms with Crippen LogP contribution in [-0.2, 0) is 23.8 Å². The quantitative estimate of drug-likeness (QED) is 0.0616. The predicted molar refractivity (Wildman–Crippen MR) is 242 cm³/mol. The van der Waals surface area contributed by atoms with Gasteiger partial charge in [-0.3, -0.25) is 9.59 Å². The Balaban J connectivity index is 0.000000228. The molecule has 0 radical (unpaired) electrons. The molecule has 12 heteroatoms. The summed E-state index contributed by atoms with van der Waals surface area (Å²) >= 11 is 2.89. The Morgan fingerprint density at radius 3 is 1.45 bits per heavy atom. The molecule has 2 unspecified atom stereocenters. The third kappa shape index (κ3) is 13.9. The minimum absolute atomic E-state index is 0.137. The fraction of sp³-hybridized carbons (Fsp3) is 0.500. The molecule has 2 aromatic carbocycles. The molecule has 0 aliphatic heterocycles. The molecule has 2 aliphatic carbocycles. The van der Waals surface area contributed by atoms with Crippen LogP contribution >= 0.6 is 22.7 Å². The first-order valence-corrected chi connectivity index (χ1v) is 23.3. The van der Waals surface area contributed by atoms with E-state index in [-0.39, 0.29) is 36.4 Å². The van der Waals surface area contributed by atoms with Crippen LogP contribution in [0.2, 0.25) is 0 Å². The third-order valence-corrected chi connectivity index (χ3v) is 13.9. The topological polar surface area (TPSA) is 140 Å². The summed E-state index contributed by atoms with van der Waals surface area (Å²) in [5.41, 5.74) is 3.78. The highest BCUT2D eigenvalue weighted by Gasteiger charge is 2.28. The van der Waals surface area contributed by atoms with Crippen LogP contribution in [0.1, 0.15) is 129 Å². The van der Waals surface area contributed by atoms with E-state index in [4.69, 9.17) is 19.3 Å². The molecule has 0 bridgehead atoms. The number of rotatable bonds is 19. The number of carboxylic acids is 1. The number of carbonyl (C=O) groups is 4. The SMILES string of the molecule is CCOC(=O)CCCC(Nc1cc(-c2ccccc2)sc1C(=O)OC)C1CCCCC1.COC(=O)c1sc(-c2ccccc2)cc1NC(CCCC(=O)O)C1CCCCC1. The molecular formula is C48H62N2O8S2. The van der Waals surface area contributed by atoms with Gasteiger partial charge in [-0.05, 0) is 93.4 Å². The van der Waals surface area contributed by atoms with Gasteiger partial charge in [-0.2, -0.15) is 0 Å². The van der Waals surface area contributed by atoms with Gasteiger partial charge in [-0.15, -0.1) is 22.7 Å². The minimum Gasteiger partial charge on any atom is -0.481 e. The van der Waals surface area contributed by atoms with Crippen LogP contribution in [0.15, 0.2) is 72.8 Å². The molecule has 2 fully saturated rings. The van der Waals surface area contributed by atoms with E-state index in [0.717, 1.165) is 64.4 Å². The highest BCUT2D eigenvalue weighted by molar-refractivity contribution is 7.18. The monoisotopic (exact) mass is 858 g/mol. The molecule has 0 amide bonds. The fourth-order valence-electron chi connectivity index (χ4n) is 8.47. The highest BCUT2D eigenvalue weighted by atomic mass is 32.1. The maximum atomic E-state index is 12.5. The van der Waals surface area contributed by atoms with Crippen LogP contribution in [0.4, 0.5) is 11.4 Å². The molecule has 2 atom stereocenters. The van der Waals surface area contributed by atoms with Gasteiger partial charge in [0.25, 0.3) is 0 Å². The van der Waals surface area contributed by atoms with E-state index in [9.17, 15) is 19.2 Å². The van der Waals surface area contributed by atoms with E-state index in [1.807, 2.05) is 61.5 Å². The number of hydrogen-bond acceptors (Lipinski definition) is 11. The van der Waals surface area contributed by atoms with Crippen molar-refractivity contribution >= 4 is 57.9 Å². The van der Waals surface area contributed by atoms with Crippen molar-refractivity contribution in [3.05, 3.63) is 82.6 Å². The average Bonchev–Trinajstić information content (AvgIpc) is 3.91. The summed E-state index contributed by atoms with van der Waals surface area (Å²) in [5, 5.41) is 16.3. The Morgan fingerprint density at radius 2 is 1.07 bits per heavy atom. The van der Waals surface area contributed by atoms with Gasteiger partial charge >= 0.3 is 23.9 Å². The van der Waals surface area contributed by atoms with Gasteiger partial charge in [-0.25, -0.2) is 9.59 Å². The van der Waals surface area contributed by atoms with E-state index in [2.05, 4.69) is 28.8 Å². The zero-order valence-corrected chi connectivity index (χ0v) is 37.0. The zero-order chi connectivity index (χ0) is 42.7. The Hall–Kier alpha value is -4.68. The second kappa shape index (κ2) is 24.5. The molecule has 6 rings (SSSR count). The summed E-state index contributed by atoms with van der Waals surface area (Å²) in [6.45, 7) is 2.25. The van der Waals surface area contributed by atoms with Gasteiger partial charge < -0.3 is 30.0 Å². The zero-order valence-electron chi connectivity index (χ0n) is 35.4. The van der Waals surface area contributed by atoms with Crippen LogP contribution in [0.25, 0.3) is 20.9 Å². The van der Waals surface area contributed by atoms with Gasteiger partial charge in [0.05, 0.1) is 32.2 Å². The van der Waals surface area contributed by atoms with Crippen LogP contribution < -0.4 is 10.6 Å². The summed E-state index contributed by atoms with van der Waals surface area (Å²) in [5.74, 6) is -0.507. The third-order valence-electron chi connectivity index (χ3n) is 11.5. The van der Waals surface area contributed by atoms with Crippen LogP contribution in [0, 0.1) is 11.8 Å². The van der Waals surface area contributed by atoms with Crippen molar-refractivity contribution in [2.24, 2.45) is 11.8 Å². The smallest absolute Gasteiger partial charge is 0.350 e. The summed E-state index contributed by atoms with van der Waals surface area (Å²) in [7, 11) is 2.82. The van der Waals surface area contributed by atoms with Gasteiger partial charge in [0.15, 0.2) is 0 Å². The Labute approximate surface area is 363 Å². The number of carboxylic acid groups (broad SMARTS) is 1.